The lowest BCUT2D eigenvalue weighted by molar-refractivity contribution is -0.143. The van der Waals surface area contributed by atoms with Gasteiger partial charge in [0, 0.05) is 28.9 Å². The third kappa shape index (κ3) is 5.01. The summed E-state index contributed by atoms with van der Waals surface area (Å²) >= 11 is 7.83. The molecule has 0 bridgehead atoms. The van der Waals surface area contributed by atoms with E-state index in [1.54, 1.807) is 16.2 Å². The molecule has 1 aliphatic heterocycles. The van der Waals surface area contributed by atoms with Crippen LogP contribution in [0.2, 0.25) is 5.02 Å². The lowest BCUT2D eigenvalue weighted by atomic mass is 9.93. The highest BCUT2D eigenvalue weighted by atomic mass is 35.5. The molecule has 6 heteroatoms. The predicted octanol–water partition coefficient (Wildman–Crippen LogP) is 5.30. The molecular formula is C23H29ClN2O2S. The number of nitrogens with zero attached hydrogens (tertiary/aromatic N) is 2. The van der Waals surface area contributed by atoms with Gasteiger partial charge in [-0.05, 0) is 61.4 Å². The number of unbranched alkanes of at least 4 members (excludes halogenated alkanes) is 1. The molecule has 29 heavy (non-hydrogen) atoms. The van der Waals surface area contributed by atoms with Gasteiger partial charge in [-0.3, -0.25) is 9.59 Å². The first kappa shape index (κ1) is 21.8. The maximum Gasteiger partial charge on any atom is 0.243 e. The van der Waals surface area contributed by atoms with E-state index in [2.05, 4.69) is 18.4 Å². The maximum atomic E-state index is 13.4. The van der Waals surface area contributed by atoms with Crippen LogP contribution in [0.5, 0.6) is 0 Å². The standard InChI is InChI=1S/C23H29ClN2O2S/c1-4-5-6-21(27)26(16(2)3)15-22(28)25-13-11-20-19(12-14-29-20)23(25)17-7-9-18(24)10-8-17/h7-10,12,14,16,23H,4-6,11,13,15H2,1-3H3. The fourth-order valence-corrected chi connectivity index (χ4v) is 4.89. The molecule has 0 fully saturated rings. The van der Waals surface area contributed by atoms with Crippen molar-refractivity contribution < 1.29 is 9.59 Å². The average molecular weight is 433 g/mol. The minimum atomic E-state index is -0.130. The fraction of sp³-hybridized carbons (Fsp3) is 0.478. The van der Waals surface area contributed by atoms with Crippen LogP contribution in [-0.2, 0) is 16.0 Å². The molecule has 0 spiro atoms. The quantitative estimate of drug-likeness (QED) is 0.595. The zero-order valence-electron chi connectivity index (χ0n) is 17.4. The molecule has 0 radical (unpaired) electrons. The lowest BCUT2D eigenvalue weighted by Gasteiger charge is -2.38. The zero-order valence-corrected chi connectivity index (χ0v) is 18.9. The zero-order chi connectivity index (χ0) is 21.0. The van der Waals surface area contributed by atoms with E-state index in [9.17, 15) is 9.59 Å². The molecule has 0 N–H and O–H groups in total. The number of benzene rings is 1. The highest BCUT2D eigenvalue weighted by Gasteiger charge is 2.34. The van der Waals surface area contributed by atoms with Crippen molar-refractivity contribution in [3.8, 4) is 0 Å². The van der Waals surface area contributed by atoms with Crippen molar-refractivity contribution in [2.75, 3.05) is 13.1 Å². The van der Waals surface area contributed by atoms with Crippen LogP contribution in [0.15, 0.2) is 35.7 Å². The summed E-state index contributed by atoms with van der Waals surface area (Å²) in [6.07, 6.45) is 3.18. The smallest absolute Gasteiger partial charge is 0.243 e. The van der Waals surface area contributed by atoms with Crippen molar-refractivity contribution in [2.45, 2.75) is 58.5 Å². The van der Waals surface area contributed by atoms with Crippen LogP contribution in [0.3, 0.4) is 0 Å². The van der Waals surface area contributed by atoms with Gasteiger partial charge in [-0.1, -0.05) is 37.1 Å². The summed E-state index contributed by atoms with van der Waals surface area (Å²) in [5.74, 6) is 0.0619. The topological polar surface area (TPSA) is 40.6 Å². The maximum absolute atomic E-state index is 13.4. The highest BCUT2D eigenvalue weighted by Crippen LogP contribution is 2.38. The van der Waals surface area contributed by atoms with Crippen molar-refractivity contribution in [1.82, 2.24) is 9.80 Å². The van der Waals surface area contributed by atoms with E-state index in [4.69, 9.17) is 11.6 Å². The number of thiophene rings is 1. The number of halogens is 1. The molecule has 0 aliphatic carbocycles. The lowest BCUT2D eigenvalue weighted by Crippen LogP contribution is -2.48. The van der Waals surface area contributed by atoms with Crippen molar-refractivity contribution in [2.24, 2.45) is 0 Å². The monoisotopic (exact) mass is 432 g/mol. The molecule has 1 aromatic carbocycles. The molecule has 0 saturated carbocycles. The van der Waals surface area contributed by atoms with Crippen LogP contribution in [0.4, 0.5) is 0 Å². The van der Waals surface area contributed by atoms with Crippen molar-refractivity contribution in [1.29, 1.82) is 0 Å². The van der Waals surface area contributed by atoms with E-state index < -0.39 is 0 Å². The Bertz CT molecular complexity index is 847. The number of fused-ring (bicyclic) bond motifs is 1. The number of carbonyl (C=O) groups excluding carboxylic acids is 2. The van der Waals surface area contributed by atoms with Crippen LogP contribution in [0, 0.1) is 0 Å². The van der Waals surface area contributed by atoms with E-state index >= 15 is 0 Å². The molecule has 1 aromatic heterocycles. The Hall–Kier alpha value is -1.85. The summed E-state index contributed by atoms with van der Waals surface area (Å²) < 4.78 is 0. The molecule has 2 amide bonds. The van der Waals surface area contributed by atoms with Gasteiger partial charge in [0.1, 0.15) is 6.54 Å². The number of rotatable bonds is 7. The molecular weight excluding hydrogens is 404 g/mol. The molecule has 156 valence electrons. The first-order valence-electron chi connectivity index (χ1n) is 10.3. The third-order valence-corrected chi connectivity index (χ3v) is 6.71. The van der Waals surface area contributed by atoms with Crippen molar-refractivity contribution in [3.05, 3.63) is 56.7 Å². The van der Waals surface area contributed by atoms with E-state index in [0.29, 0.717) is 18.0 Å². The summed E-state index contributed by atoms with van der Waals surface area (Å²) in [7, 11) is 0. The molecule has 4 nitrogen and oxygen atoms in total. The molecule has 1 unspecified atom stereocenters. The molecule has 1 aliphatic rings. The van der Waals surface area contributed by atoms with E-state index in [1.165, 1.54) is 10.4 Å². The van der Waals surface area contributed by atoms with Gasteiger partial charge in [-0.25, -0.2) is 0 Å². The largest absolute Gasteiger partial charge is 0.331 e. The second kappa shape index (κ2) is 9.77. The Morgan fingerprint density at radius 1 is 1.24 bits per heavy atom. The van der Waals surface area contributed by atoms with E-state index in [1.807, 2.05) is 43.0 Å². The minimum absolute atomic E-state index is 0.000323. The van der Waals surface area contributed by atoms with Crippen LogP contribution in [-0.4, -0.2) is 40.7 Å². The Kier molecular flexibility index (Phi) is 7.36. The van der Waals surface area contributed by atoms with Gasteiger partial charge in [0.15, 0.2) is 0 Å². The Morgan fingerprint density at radius 2 is 1.97 bits per heavy atom. The summed E-state index contributed by atoms with van der Waals surface area (Å²) in [5.41, 5.74) is 2.24. The van der Waals surface area contributed by atoms with Crippen LogP contribution in [0.1, 0.15) is 62.1 Å². The number of amides is 2. The predicted molar refractivity (Wildman–Crippen MR) is 119 cm³/mol. The molecule has 0 saturated heterocycles. The first-order chi connectivity index (χ1) is 13.9. The van der Waals surface area contributed by atoms with Gasteiger partial charge in [-0.15, -0.1) is 11.3 Å². The number of hydrogen-bond acceptors (Lipinski definition) is 3. The van der Waals surface area contributed by atoms with Crippen LogP contribution >= 0.6 is 22.9 Å². The van der Waals surface area contributed by atoms with Gasteiger partial charge in [0.25, 0.3) is 0 Å². The van der Waals surface area contributed by atoms with Crippen LogP contribution < -0.4 is 0 Å². The molecule has 2 aromatic rings. The summed E-state index contributed by atoms with van der Waals surface area (Å²) in [4.78, 5) is 31.0. The number of carbonyl (C=O) groups is 2. The second-order valence-corrected chi connectivity index (χ2v) is 9.25. The SMILES string of the molecule is CCCCC(=O)N(CC(=O)N1CCc2sccc2C1c1ccc(Cl)cc1)C(C)C. The second-order valence-electron chi connectivity index (χ2n) is 7.81. The molecule has 1 atom stereocenters. The van der Waals surface area contributed by atoms with E-state index in [-0.39, 0.29) is 30.4 Å². The Morgan fingerprint density at radius 3 is 2.62 bits per heavy atom. The van der Waals surface area contributed by atoms with Gasteiger partial charge in [0.2, 0.25) is 11.8 Å². The summed E-state index contributed by atoms with van der Waals surface area (Å²) in [6.45, 7) is 6.81. The Labute approximate surface area is 182 Å². The molecule has 2 heterocycles. The van der Waals surface area contributed by atoms with Gasteiger partial charge < -0.3 is 9.80 Å². The number of hydrogen-bond donors (Lipinski definition) is 0. The van der Waals surface area contributed by atoms with Crippen molar-refractivity contribution in [3.63, 3.8) is 0 Å². The van der Waals surface area contributed by atoms with Gasteiger partial charge in [0.05, 0.1) is 6.04 Å². The third-order valence-electron chi connectivity index (χ3n) is 5.47. The van der Waals surface area contributed by atoms with Crippen molar-refractivity contribution >= 4 is 34.8 Å². The fourth-order valence-electron chi connectivity index (χ4n) is 3.86. The Balaban J connectivity index is 1.85. The summed E-state index contributed by atoms with van der Waals surface area (Å²) in [5, 5.41) is 2.77. The molecule has 3 rings (SSSR count). The first-order valence-corrected chi connectivity index (χ1v) is 11.6. The van der Waals surface area contributed by atoms with E-state index in [0.717, 1.165) is 24.8 Å². The normalized spacial score (nSPS) is 16.0. The van der Waals surface area contributed by atoms with Gasteiger partial charge in [-0.2, -0.15) is 0 Å². The van der Waals surface area contributed by atoms with Gasteiger partial charge >= 0.3 is 0 Å². The van der Waals surface area contributed by atoms with Crippen LogP contribution in [0.25, 0.3) is 0 Å². The average Bonchev–Trinajstić information content (AvgIpc) is 3.18. The highest BCUT2D eigenvalue weighted by molar-refractivity contribution is 7.10. The summed E-state index contributed by atoms with van der Waals surface area (Å²) in [6, 6.07) is 9.71. The minimum Gasteiger partial charge on any atom is -0.331 e.